The molecule has 1 saturated heterocycles. The van der Waals surface area contributed by atoms with Gasteiger partial charge in [-0.2, -0.15) is 0 Å². The highest BCUT2D eigenvalue weighted by Gasteiger charge is 2.43. The van der Waals surface area contributed by atoms with Crippen LogP contribution >= 0.6 is 0 Å². The number of ether oxygens (including phenoxy) is 1. The van der Waals surface area contributed by atoms with Gasteiger partial charge in [0.2, 0.25) is 5.91 Å². The number of likely N-dealkylation sites (N-methyl/N-ethyl adjacent to an activating group) is 1. The number of carbonyl (C=O) groups excluding carboxylic acids is 2. The molecule has 2 amide bonds. The number of likely N-dealkylation sites (tertiary alicyclic amines) is 1. The number of nitrogens with zero attached hydrogens (tertiary/aromatic N) is 1. The number of rotatable bonds is 6. The molecule has 2 atom stereocenters. The lowest BCUT2D eigenvalue weighted by molar-refractivity contribution is -0.121. The maximum Gasteiger partial charge on any atom is 0.251 e. The van der Waals surface area contributed by atoms with Crippen LogP contribution in [-0.2, 0) is 4.79 Å². The Kier molecular flexibility index (Phi) is 5.27. The standard InChI is InChI=1S/C19H27N3O3/c1-12-4-5-14(8-17(12)25-3)19(24)21-16-10-22(11-18(23)20-2)9-15(16)13-6-7-13/h4-5,8,13,15-16H,6-7,9-11H2,1-3H3,(H,20,23)(H,21,24)/t15-,16+/m1/s1. The van der Waals surface area contributed by atoms with Crippen molar-refractivity contribution >= 4 is 11.8 Å². The zero-order valence-electron chi connectivity index (χ0n) is 15.2. The van der Waals surface area contributed by atoms with Crippen LogP contribution in [0.2, 0.25) is 0 Å². The maximum atomic E-state index is 12.7. The van der Waals surface area contributed by atoms with Crippen molar-refractivity contribution in [2.24, 2.45) is 11.8 Å². The third-order valence-electron chi connectivity index (χ3n) is 5.30. The van der Waals surface area contributed by atoms with E-state index in [-0.39, 0.29) is 17.9 Å². The third kappa shape index (κ3) is 4.12. The van der Waals surface area contributed by atoms with Crippen LogP contribution in [0.15, 0.2) is 18.2 Å². The van der Waals surface area contributed by atoms with Crippen LogP contribution < -0.4 is 15.4 Å². The fourth-order valence-electron chi connectivity index (χ4n) is 3.69. The van der Waals surface area contributed by atoms with Crippen LogP contribution in [0.1, 0.15) is 28.8 Å². The van der Waals surface area contributed by atoms with Crippen LogP contribution in [0.25, 0.3) is 0 Å². The van der Waals surface area contributed by atoms with Crippen molar-refractivity contribution in [1.29, 1.82) is 0 Å². The minimum absolute atomic E-state index is 0.0183. The molecule has 2 fully saturated rings. The molecule has 2 N–H and O–H groups in total. The summed E-state index contributed by atoms with van der Waals surface area (Å²) in [4.78, 5) is 26.5. The molecule has 2 aliphatic rings. The zero-order chi connectivity index (χ0) is 18.0. The minimum Gasteiger partial charge on any atom is -0.496 e. The molecule has 3 rings (SSSR count). The summed E-state index contributed by atoms with van der Waals surface area (Å²) in [7, 11) is 3.27. The van der Waals surface area contributed by atoms with E-state index in [9.17, 15) is 9.59 Å². The van der Waals surface area contributed by atoms with E-state index < -0.39 is 0 Å². The topological polar surface area (TPSA) is 70.7 Å². The summed E-state index contributed by atoms with van der Waals surface area (Å²) in [5, 5.41) is 5.86. The molecule has 136 valence electrons. The van der Waals surface area contributed by atoms with Gasteiger partial charge in [-0.05, 0) is 49.3 Å². The van der Waals surface area contributed by atoms with Crippen LogP contribution in [0.4, 0.5) is 0 Å². The summed E-state index contributed by atoms with van der Waals surface area (Å²) in [5.74, 6) is 1.77. The number of carbonyl (C=O) groups is 2. The van der Waals surface area contributed by atoms with Crippen molar-refractivity contribution in [1.82, 2.24) is 15.5 Å². The van der Waals surface area contributed by atoms with E-state index >= 15 is 0 Å². The molecule has 25 heavy (non-hydrogen) atoms. The zero-order valence-corrected chi connectivity index (χ0v) is 15.2. The van der Waals surface area contributed by atoms with Gasteiger partial charge in [-0.1, -0.05) is 6.07 Å². The fraction of sp³-hybridized carbons (Fsp3) is 0.579. The SMILES string of the molecule is CNC(=O)CN1C[C@H](NC(=O)c2ccc(C)c(OC)c2)[C@@H](C2CC2)C1. The van der Waals surface area contributed by atoms with Gasteiger partial charge in [0, 0.05) is 31.7 Å². The average Bonchev–Trinajstić information content (AvgIpc) is 3.37. The number of nitrogens with one attached hydrogen (secondary N) is 2. The van der Waals surface area contributed by atoms with Gasteiger partial charge in [0.1, 0.15) is 5.75 Å². The van der Waals surface area contributed by atoms with Crippen molar-refractivity contribution in [2.75, 3.05) is 33.8 Å². The molecule has 1 heterocycles. The molecule has 1 aromatic rings. The summed E-state index contributed by atoms with van der Waals surface area (Å²) in [6, 6.07) is 5.61. The smallest absolute Gasteiger partial charge is 0.251 e. The molecule has 0 radical (unpaired) electrons. The Labute approximate surface area is 148 Å². The van der Waals surface area contributed by atoms with E-state index in [4.69, 9.17) is 4.74 Å². The van der Waals surface area contributed by atoms with Crippen molar-refractivity contribution in [3.63, 3.8) is 0 Å². The predicted octanol–water partition coefficient (Wildman–Crippen LogP) is 1.19. The van der Waals surface area contributed by atoms with E-state index in [1.54, 1.807) is 20.2 Å². The number of hydrogen-bond acceptors (Lipinski definition) is 4. The van der Waals surface area contributed by atoms with Gasteiger partial charge in [-0.3, -0.25) is 14.5 Å². The first kappa shape index (κ1) is 17.7. The molecule has 6 nitrogen and oxygen atoms in total. The molecule has 0 spiro atoms. The largest absolute Gasteiger partial charge is 0.496 e. The Bertz CT molecular complexity index is 657. The molecule has 6 heteroatoms. The van der Waals surface area contributed by atoms with Crippen molar-refractivity contribution in [2.45, 2.75) is 25.8 Å². The van der Waals surface area contributed by atoms with Gasteiger partial charge in [0.25, 0.3) is 5.91 Å². The molecule has 0 unspecified atom stereocenters. The highest BCUT2D eigenvalue weighted by atomic mass is 16.5. The first-order valence-corrected chi connectivity index (χ1v) is 8.90. The Morgan fingerprint density at radius 1 is 1.28 bits per heavy atom. The molecule has 1 aliphatic carbocycles. The van der Waals surface area contributed by atoms with Gasteiger partial charge >= 0.3 is 0 Å². The molecule has 1 aliphatic heterocycles. The first-order chi connectivity index (χ1) is 12.0. The average molecular weight is 345 g/mol. The number of benzene rings is 1. The highest BCUT2D eigenvalue weighted by molar-refractivity contribution is 5.95. The maximum absolute atomic E-state index is 12.7. The van der Waals surface area contributed by atoms with Crippen LogP contribution in [0.3, 0.4) is 0 Å². The fourth-order valence-corrected chi connectivity index (χ4v) is 3.69. The Morgan fingerprint density at radius 2 is 2.04 bits per heavy atom. The molecule has 0 bridgehead atoms. The van der Waals surface area contributed by atoms with Gasteiger partial charge in [-0.15, -0.1) is 0 Å². The van der Waals surface area contributed by atoms with E-state index in [0.29, 0.717) is 23.9 Å². The number of methoxy groups -OCH3 is 1. The summed E-state index contributed by atoms with van der Waals surface area (Å²) < 4.78 is 5.32. The second-order valence-corrected chi connectivity index (χ2v) is 7.13. The quantitative estimate of drug-likeness (QED) is 0.812. The number of hydrogen-bond donors (Lipinski definition) is 2. The van der Waals surface area contributed by atoms with Crippen LogP contribution in [0, 0.1) is 18.8 Å². The minimum atomic E-state index is -0.0734. The number of aryl methyl sites for hydroxylation is 1. The molecular weight excluding hydrogens is 318 g/mol. The van der Waals surface area contributed by atoms with Crippen LogP contribution in [0.5, 0.6) is 5.75 Å². The Hall–Kier alpha value is -2.08. The second-order valence-electron chi connectivity index (χ2n) is 7.13. The van der Waals surface area contributed by atoms with E-state index in [0.717, 1.165) is 24.4 Å². The molecule has 1 aromatic carbocycles. The van der Waals surface area contributed by atoms with Crippen LogP contribution in [-0.4, -0.2) is 56.5 Å². The Balaban J connectivity index is 1.67. The highest BCUT2D eigenvalue weighted by Crippen LogP contribution is 2.41. The second kappa shape index (κ2) is 7.44. The summed E-state index contributed by atoms with van der Waals surface area (Å²) >= 11 is 0. The normalized spacial score (nSPS) is 23.3. The van der Waals surface area contributed by atoms with Gasteiger partial charge < -0.3 is 15.4 Å². The first-order valence-electron chi connectivity index (χ1n) is 8.90. The lowest BCUT2D eigenvalue weighted by Crippen LogP contribution is -2.41. The lowest BCUT2D eigenvalue weighted by Gasteiger charge is -2.20. The summed E-state index contributed by atoms with van der Waals surface area (Å²) in [5.41, 5.74) is 1.62. The molecular formula is C19H27N3O3. The molecule has 0 aromatic heterocycles. The number of amides is 2. The summed E-state index contributed by atoms with van der Waals surface area (Å²) in [6.45, 7) is 3.95. The van der Waals surface area contributed by atoms with E-state index in [1.807, 2.05) is 19.1 Å². The van der Waals surface area contributed by atoms with E-state index in [1.165, 1.54) is 12.8 Å². The monoisotopic (exact) mass is 345 g/mol. The van der Waals surface area contributed by atoms with Crippen molar-refractivity contribution < 1.29 is 14.3 Å². The Morgan fingerprint density at radius 3 is 2.68 bits per heavy atom. The van der Waals surface area contributed by atoms with Crippen molar-refractivity contribution in [3.8, 4) is 5.75 Å². The lowest BCUT2D eigenvalue weighted by atomic mass is 9.97. The van der Waals surface area contributed by atoms with Gasteiger partial charge in [0.05, 0.1) is 13.7 Å². The van der Waals surface area contributed by atoms with Gasteiger partial charge in [0.15, 0.2) is 0 Å². The van der Waals surface area contributed by atoms with Crippen molar-refractivity contribution in [3.05, 3.63) is 29.3 Å². The van der Waals surface area contributed by atoms with E-state index in [2.05, 4.69) is 15.5 Å². The molecule has 1 saturated carbocycles. The predicted molar refractivity (Wildman–Crippen MR) is 95.7 cm³/mol. The third-order valence-corrected chi connectivity index (χ3v) is 5.30. The summed E-state index contributed by atoms with van der Waals surface area (Å²) in [6.07, 6.45) is 2.45. The van der Waals surface area contributed by atoms with Gasteiger partial charge in [-0.25, -0.2) is 0 Å².